The lowest BCUT2D eigenvalue weighted by atomic mass is 10.2. The van der Waals surface area contributed by atoms with E-state index in [0.717, 1.165) is 0 Å². The highest BCUT2D eigenvalue weighted by molar-refractivity contribution is 6.34. The van der Waals surface area contributed by atoms with E-state index in [4.69, 9.17) is 39.5 Å². The molecule has 0 radical (unpaired) electrons. The number of halogens is 3. The number of aliphatic hydroxyl groups is 1. The minimum atomic E-state index is -0.173. The van der Waals surface area contributed by atoms with Crippen molar-refractivity contribution in [3.05, 3.63) is 57.0 Å². The second-order valence-electron chi connectivity index (χ2n) is 3.59. The maximum absolute atomic E-state index is 9.25. The molecule has 1 N–H and O–H groups in total. The van der Waals surface area contributed by atoms with Gasteiger partial charge in [-0.3, -0.25) is 0 Å². The van der Waals surface area contributed by atoms with Crippen molar-refractivity contribution in [1.82, 2.24) is 0 Å². The van der Waals surface area contributed by atoms with Crippen molar-refractivity contribution in [2.24, 2.45) is 0 Å². The van der Waals surface area contributed by atoms with Crippen LogP contribution in [-0.2, 0) is 6.61 Å². The lowest BCUT2D eigenvalue weighted by Crippen LogP contribution is -1.92. The van der Waals surface area contributed by atoms with Crippen LogP contribution in [-0.4, -0.2) is 5.11 Å². The first-order valence-corrected chi connectivity index (χ1v) is 6.25. The number of rotatable bonds is 3. The number of ether oxygens (including phenoxy) is 1. The van der Waals surface area contributed by atoms with E-state index in [-0.39, 0.29) is 6.61 Å². The molecule has 0 amide bonds. The summed E-state index contributed by atoms with van der Waals surface area (Å²) in [6, 6.07) is 9.91. The van der Waals surface area contributed by atoms with Gasteiger partial charge in [-0.1, -0.05) is 34.8 Å². The molecule has 0 aliphatic heterocycles. The van der Waals surface area contributed by atoms with Crippen LogP contribution in [0.5, 0.6) is 11.5 Å². The van der Waals surface area contributed by atoms with Gasteiger partial charge in [-0.15, -0.1) is 0 Å². The molecule has 0 aliphatic rings. The van der Waals surface area contributed by atoms with E-state index in [0.29, 0.717) is 32.1 Å². The average Bonchev–Trinajstić information content (AvgIpc) is 2.36. The highest BCUT2D eigenvalue weighted by atomic mass is 35.5. The van der Waals surface area contributed by atoms with Gasteiger partial charge in [0.2, 0.25) is 0 Å². The second kappa shape index (κ2) is 5.81. The van der Waals surface area contributed by atoms with Gasteiger partial charge in [-0.25, -0.2) is 0 Å². The summed E-state index contributed by atoms with van der Waals surface area (Å²) >= 11 is 17.7. The quantitative estimate of drug-likeness (QED) is 0.871. The van der Waals surface area contributed by atoms with E-state index < -0.39 is 0 Å². The van der Waals surface area contributed by atoms with Crippen LogP contribution >= 0.6 is 34.8 Å². The minimum Gasteiger partial charge on any atom is -0.455 e. The van der Waals surface area contributed by atoms with Gasteiger partial charge < -0.3 is 9.84 Å². The van der Waals surface area contributed by atoms with Crippen LogP contribution in [0.25, 0.3) is 0 Å². The molecule has 2 aromatic rings. The molecule has 0 spiro atoms. The molecule has 2 nitrogen and oxygen atoms in total. The van der Waals surface area contributed by atoms with Gasteiger partial charge in [-0.2, -0.15) is 0 Å². The summed E-state index contributed by atoms with van der Waals surface area (Å²) in [5, 5.41) is 10.7. The maximum Gasteiger partial charge on any atom is 0.147 e. The number of aliphatic hydroxyl groups excluding tert-OH is 1. The first kappa shape index (κ1) is 13.5. The van der Waals surface area contributed by atoms with Gasteiger partial charge in [0.1, 0.15) is 11.5 Å². The zero-order chi connectivity index (χ0) is 13.1. The van der Waals surface area contributed by atoms with Crippen molar-refractivity contribution in [3.63, 3.8) is 0 Å². The molecule has 0 heterocycles. The Bertz CT molecular complexity index is 570. The van der Waals surface area contributed by atoms with Crippen LogP contribution in [0.3, 0.4) is 0 Å². The molecule has 0 bridgehead atoms. The van der Waals surface area contributed by atoms with Crippen LogP contribution in [0.4, 0.5) is 0 Å². The Labute approximate surface area is 120 Å². The van der Waals surface area contributed by atoms with Crippen LogP contribution in [0, 0.1) is 0 Å². The van der Waals surface area contributed by atoms with Crippen molar-refractivity contribution in [3.8, 4) is 11.5 Å². The third-order valence-corrected chi connectivity index (χ3v) is 3.09. The molecule has 0 unspecified atom stereocenters. The highest BCUT2D eigenvalue weighted by Gasteiger charge is 2.08. The van der Waals surface area contributed by atoms with E-state index in [1.807, 2.05) is 0 Å². The fraction of sp³-hybridized carbons (Fsp3) is 0.0769. The van der Waals surface area contributed by atoms with Crippen LogP contribution in [0.1, 0.15) is 5.56 Å². The van der Waals surface area contributed by atoms with Crippen LogP contribution < -0.4 is 4.74 Å². The zero-order valence-electron chi connectivity index (χ0n) is 9.16. The van der Waals surface area contributed by atoms with E-state index in [1.54, 1.807) is 36.4 Å². The van der Waals surface area contributed by atoms with Crippen molar-refractivity contribution in [2.75, 3.05) is 0 Å². The lowest BCUT2D eigenvalue weighted by Gasteiger charge is -2.11. The van der Waals surface area contributed by atoms with Crippen molar-refractivity contribution in [2.45, 2.75) is 6.61 Å². The summed E-state index contributed by atoms with van der Waals surface area (Å²) in [6.45, 7) is -0.173. The topological polar surface area (TPSA) is 29.5 Å². The average molecular weight is 304 g/mol. The number of hydrogen-bond donors (Lipinski definition) is 1. The molecule has 0 saturated carbocycles. The molecule has 2 rings (SSSR count). The van der Waals surface area contributed by atoms with Gasteiger partial charge in [0, 0.05) is 21.7 Å². The molecule has 0 atom stereocenters. The normalized spacial score (nSPS) is 10.4. The smallest absolute Gasteiger partial charge is 0.147 e. The summed E-state index contributed by atoms with van der Waals surface area (Å²) in [5.41, 5.74) is 0.582. The second-order valence-corrected chi connectivity index (χ2v) is 4.87. The SMILES string of the molecule is OCc1cc(Cl)ccc1Oc1cc(Cl)ccc1Cl. The molecule has 5 heteroatoms. The number of benzene rings is 2. The number of hydrogen-bond acceptors (Lipinski definition) is 2. The fourth-order valence-corrected chi connectivity index (χ4v) is 1.96. The summed E-state index contributed by atoms with van der Waals surface area (Å²) in [5.74, 6) is 0.923. The van der Waals surface area contributed by atoms with Gasteiger partial charge >= 0.3 is 0 Å². The Balaban J connectivity index is 2.36. The van der Waals surface area contributed by atoms with Gasteiger partial charge in [-0.05, 0) is 30.3 Å². The summed E-state index contributed by atoms with van der Waals surface area (Å²) in [4.78, 5) is 0. The zero-order valence-corrected chi connectivity index (χ0v) is 11.4. The molecular weight excluding hydrogens is 294 g/mol. The third kappa shape index (κ3) is 3.09. The predicted octanol–water partition coefficient (Wildman–Crippen LogP) is 4.93. The maximum atomic E-state index is 9.25. The Morgan fingerprint density at radius 3 is 2.28 bits per heavy atom. The van der Waals surface area contributed by atoms with E-state index >= 15 is 0 Å². The molecule has 0 aromatic heterocycles. The van der Waals surface area contributed by atoms with Crippen molar-refractivity contribution < 1.29 is 9.84 Å². The first-order chi connectivity index (χ1) is 8.60. The Kier molecular flexibility index (Phi) is 4.36. The molecule has 0 aliphatic carbocycles. The molecule has 18 heavy (non-hydrogen) atoms. The molecule has 0 saturated heterocycles. The first-order valence-electron chi connectivity index (χ1n) is 5.12. The summed E-state index contributed by atoms with van der Waals surface area (Å²) < 4.78 is 5.63. The van der Waals surface area contributed by atoms with Gasteiger partial charge in [0.25, 0.3) is 0 Å². The van der Waals surface area contributed by atoms with Gasteiger partial charge in [0.05, 0.1) is 11.6 Å². The van der Waals surface area contributed by atoms with E-state index in [2.05, 4.69) is 0 Å². The lowest BCUT2D eigenvalue weighted by molar-refractivity contribution is 0.276. The van der Waals surface area contributed by atoms with E-state index in [1.165, 1.54) is 0 Å². The third-order valence-electron chi connectivity index (χ3n) is 2.31. The fourth-order valence-electron chi connectivity index (χ4n) is 1.45. The standard InChI is InChI=1S/C13H9Cl3O2/c14-9-2-4-12(8(5-9)7-17)18-13-6-10(15)1-3-11(13)16/h1-6,17H,7H2. The van der Waals surface area contributed by atoms with E-state index in [9.17, 15) is 5.11 Å². The molecule has 94 valence electrons. The summed E-state index contributed by atoms with van der Waals surface area (Å²) in [6.07, 6.45) is 0. The van der Waals surface area contributed by atoms with Crippen molar-refractivity contribution in [1.29, 1.82) is 0 Å². The Morgan fingerprint density at radius 1 is 0.889 bits per heavy atom. The molecule has 0 fully saturated rings. The van der Waals surface area contributed by atoms with Crippen molar-refractivity contribution >= 4 is 34.8 Å². The van der Waals surface area contributed by atoms with Crippen LogP contribution in [0.15, 0.2) is 36.4 Å². The highest BCUT2D eigenvalue weighted by Crippen LogP contribution is 2.34. The van der Waals surface area contributed by atoms with Crippen LogP contribution in [0.2, 0.25) is 15.1 Å². The Morgan fingerprint density at radius 2 is 1.56 bits per heavy atom. The predicted molar refractivity (Wildman–Crippen MR) is 73.9 cm³/mol. The molecule has 2 aromatic carbocycles. The minimum absolute atomic E-state index is 0.173. The largest absolute Gasteiger partial charge is 0.455 e. The Hall–Kier alpha value is -0.930. The monoisotopic (exact) mass is 302 g/mol. The summed E-state index contributed by atoms with van der Waals surface area (Å²) in [7, 11) is 0. The van der Waals surface area contributed by atoms with Gasteiger partial charge in [0.15, 0.2) is 0 Å². The molecular formula is C13H9Cl3O2.